The number of carbonyl (C=O) groups excluding carboxylic acids is 1. The van der Waals surface area contributed by atoms with Crippen LogP contribution < -0.4 is 14.8 Å². The number of carbonyl (C=O) groups is 1. The first-order chi connectivity index (χ1) is 14.4. The highest BCUT2D eigenvalue weighted by atomic mass is 32.2. The van der Waals surface area contributed by atoms with Crippen molar-refractivity contribution in [1.82, 2.24) is 19.3 Å². The predicted molar refractivity (Wildman–Crippen MR) is 111 cm³/mol. The first-order valence-corrected chi connectivity index (χ1v) is 10.8. The molecule has 10 nitrogen and oxygen atoms in total. The zero-order chi connectivity index (χ0) is 21.7. The maximum Gasteiger partial charge on any atom is 0.513 e. The number of anilines is 2. The summed E-state index contributed by atoms with van der Waals surface area (Å²) in [5.41, 5.74) is 1.73. The number of hydrogen-bond donors (Lipinski definition) is 2. The molecule has 2 N–H and O–H groups in total. The molecule has 2 aromatic heterocycles. The minimum absolute atomic E-state index is 0.149. The second kappa shape index (κ2) is 9.09. The third kappa shape index (κ3) is 4.69. The summed E-state index contributed by atoms with van der Waals surface area (Å²) in [6.45, 7) is 4.13. The van der Waals surface area contributed by atoms with E-state index in [1.807, 2.05) is 6.92 Å². The zero-order valence-electron chi connectivity index (χ0n) is 16.9. The molecule has 0 saturated heterocycles. The molecule has 0 unspecified atom stereocenters. The Morgan fingerprint density at radius 3 is 2.83 bits per heavy atom. The number of hydrogen-bond acceptors (Lipinski definition) is 8. The predicted octanol–water partition coefficient (Wildman–Crippen LogP) is 3.00. The van der Waals surface area contributed by atoms with Gasteiger partial charge in [-0.15, -0.1) is 0 Å². The van der Waals surface area contributed by atoms with Crippen molar-refractivity contribution >= 4 is 33.2 Å². The number of aromatic nitrogens is 3. The number of nitrogens with zero attached hydrogens (tertiary/aromatic N) is 3. The number of unbranched alkanes of at least 4 members (excludes halogenated alkanes) is 1. The van der Waals surface area contributed by atoms with Crippen LogP contribution in [0.25, 0.3) is 5.52 Å². The number of rotatable bonds is 8. The lowest BCUT2D eigenvalue weighted by Gasteiger charge is -2.10. The maximum atomic E-state index is 12.5. The SMILES string of the molecule is CCCCNS(=O)(=O)c1cccc(Nc2ncnn3cc(OC(=O)OC)c(C)c23)c1. The van der Waals surface area contributed by atoms with E-state index in [9.17, 15) is 13.2 Å². The van der Waals surface area contributed by atoms with E-state index in [-0.39, 0.29) is 10.6 Å². The molecule has 0 bridgehead atoms. The topological polar surface area (TPSA) is 124 Å². The van der Waals surface area contributed by atoms with Gasteiger partial charge < -0.3 is 14.8 Å². The van der Waals surface area contributed by atoms with Crippen LogP contribution in [0.2, 0.25) is 0 Å². The number of aryl methyl sites for hydroxylation is 1. The lowest BCUT2D eigenvalue weighted by atomic mass is 10.2. The van der Waals surface area contributed by atoms with Crippen LogP contribution >= 0.6 is 0 Å². The van der Waals surface area contributed by atoms with Crippen molar-refractivity contribution in [3.05, 3.63) is 42.4 Å². The minimum Gasteiger partial charge on any atom is -0.437 e. The Morgan fingerprint density at radius 1 is 1.30 bits per heavy atom. The Morgan fingerprint density at radius 2 is 2.10 bits per heavy atom. The summed E-state index contributed by atoms with van der Waals surface area (Å²) in [4.78, 5) is 15.8. The van der Waals surface area contributed by atoms with Crippen molar-refractivity contribution in [2.45, 2.75) is 31.6 Å². The lowest BCUT2D eigenvalue weighted by molar-refractivity contribution is 0.121. The average molecular weight is 433 g/mol. The van der Waals surface area contributed by atoms with Gasteiger partial charge >= 0.3 is 6.16 Å². The summed E-state index contributed by atoms with van der Waals surface area (Å²) in [7, 11) is -2.39. The fourth-order valence-corrected chi connectivity index (χ4v) is 3.93. The molecule has 2 heterocycles. The molecule has 3 aromatic rings. The summed E-state index contributed by atoms with van der Waals surface area (Å²) in [5.74, 6) is 0.706. The molecular weight excluding hydrogens is 410 g/mol. The van der Waals surface area contributed by atoms with Crippen LogP contribution in [0.5, 0.6) is 5.75 Å². The van der Waals surface area contributed by atoms with E-state index >= 15 is 0 Å². The molecule has 0 amide bonds. The molecule has 160 valence electrons. The zero-order valence-corrected chi connectivity index (χ0v) is 17.7. The molecule has 30 heavy (non-hydrogen) atoms. The highest BCUT2D eigenvalue weighted by Crippen LogP contribution is 2.30. The monoisotopic (exact) mass is 433 g/mol. The van der Waals surface area contributed by atoms with Gasteiger partial charge in [0.25, 0.3) is 0 Å². The average Bonchev–Trinajstić information content (AvgIpc) is 3.04. The van der Waals surface area contributed by atoms with Crippen molar-refractivity contribution in [3.63, 3.8) is 0 Å². The second-order valence-electron chi connectivity index (χ2n) is 6.48. The van der Waals surface area contributed by atoms with E-state index in [0.29, 0.717) is 29.1 Å². The third-order valence-electron chi connectivity index (χ3n) is 4.37. The lowest BCUT2D eigenvalue weighted by Crippen LogP contribution is -2.24. The Bertz CT molecular complexity index is 1160. The van der Waals surface area contributed by atoms with Gasteiger partial charge in [0.2, 0.25) is 10.0 Å². The summed E-state index contributed by atoms with van der Waals surface area (Å²) in [6, 6.07) is 6.43. The van der Waals surface area contributed by atoms with Crippen molar-refractivity contribution in [2.24, 2.45) is 0 Å². The molecule has 0 atom stereocenters. The van der Waals surface area contributed by atoms with E-state index in [0.717, 1.165) is 12.8 Å². The molecule has 0 radical (unpaired) electrons. The fourth-order valence-electron chi connectivity index (χ4n) is 2.81. The van der Waals surface area contributed by atoms with Crippen LogP contribution in [-0.4, -0.2) is 42.8 Å². The normalized spacial score (nSPS) is 11.4. The summed E-state index contributed by atoms with van der Waals surface area (Å²) < 4.78 is 38.7. The highest BCUT2D eigenvalue weighted by molar-refractivity contribution is 7.89. The Kier molecular flexibility index (Phi) is 6.53. The Balaban J connectivity index is 1.91. The summed E-state index contributed by atoms with van der Waals surface area (Å²) in [6.07, 6.45) is 3.69. The fraction of sp³-hybridized carbons (Fsp3) is 0.316. The van der Waals surface area contributed by atoms with Gasteiger partial charge in [-0.25, -0.2) is 27.4 Å². The van der Waals surface area contributed by atoms with Gasteiger partial charge in [-0.2, -0.15) is 5.10 Å². The molecule has 0 saturated carbocycles. The highest BCUT2D eigenvalue weighted by Gasteiger charge is 2.18. The number of fused-ring (bicyclic) bond motifs is 1. The molecule has 3 rings (SSSR count). The number of ether oxygens (including phenoxy) is 2. The minimum atomic E-state index is -3.61. The van der Waals surface area contributed by atoms with Gasteiger partial charge in [0.15, 0.2) is 11.6 Å². The number of nitrogens with one attached hydrogen (secondary N) is 2. The van der Waals surface area contributed by atoms with E-state index < -0.39 is 16.2 Å². The molecule has 0 aliphatic carbocycles. The second-order valence-corrected chi connectivity index (χ2v) is 8.25. The summed E-state index contributed by atoms with van der Waals surface area (Å²) >= 11 is 0. The molecule has 0 aliphatic heterocycles. The summed E-state index contributed by atoms with van der Waals surface area (Å²) in [5, 5.41) is 7.24. The standard InChI is InChI=1S/C19H23N5O5S/c1-4-5-9-22-30(26,27)15-8-6-7-14(10-15)23-18-17-13(2)16(29-19(25)28-3)11-24(17)21-12-20-18/h6-8,10-12,22H,4-5,9H2,1-3H3,(H,20,21,23). The van der Waals surface area contributed by atoms with E-state index in [1.165, 1.54) is 36.3 Å². The van der Waals surface area contributed by atoms with E-state index in [4.69, 9.17) is 4.74 Å². The van der Waals surface area contributed by atoms with Gasteiger partial charge in [0, 0.05) is 17.8 Å². The van der Waals surface area contributed by atoms with Crippen molar-refractivity contribution < 1.29 is 22.7 Å². The molecule has 0 spiro atoms. The van der Waals surface area contributed by atoms with Crippen molar-refractivity contribution in [2.75, 3.05) is 19.0 Å². The number of benzene rings is 1. The van der Waals surface area contributed by atoms with Crippen LogP contribution in [0, 0.1) is 6.92 Å². The van der Waals surface area contributed by atoms with Crippen LogP contribution in [0.15, 0.2) is 41.7 Å². The molecule has 0 fully saturated rings. The first-order valence-electron chi connectivity index (χ1n) is 9.31. The van der Waals surface area contributed by atoms with Crippen molar-refractivity contribution in [1.29, 1.82) is 0 Å². The largest absolute Gasteiger partial charge is 0.513 e. The molecule has 11 heteroatoms. The van der Waals surface area contributed by atoms with Crippen LogP contribution in [-0.2, 0) is 14.8 Å². The molecule has 0 aliphatic rings. The Labute approximate surface area is 174 Å². The third-order valence-corrected chi connectivity index (χ3v) is 5.83. The van der Waals surface area contributed by atoms with Gasteiger partial charge in [-0.05, 0) is 31.5 Å². The van der Waals surface area contributed by atoms with Crippen LogP contribution in [0.4, 0.5) is 16.3 Å². The van der Waals surface area contributed by atoms with Gasteiger partial charge in [-0.3, -0.25) is 0 Å². The van der Waals surface area contributed by atoms with Crippen LogP contribution in [0.3, 0.4) is 0 Å². The maximum absolute atomic E-state index is 12.5. The van der Waals surface area contributed by atoms with Gasteiger partial charge in [0.1, 0.15) is 11.8 Å². The Hall–Kier alpha value is -3.18. The first kappa shape index (κ1) is 21.5. The van der Waals surface area contributed by atoms with Gasteiger partial charge in [-0.1, -0.05) is 19.4 Å². The quantitative estimate of drug-likeness (QED) is 0.410. The molecule has 1 aromatic carbocycles. The van der Waals surface area contributed by atoms with E-state index in [1.54, 1.807) is 19.1 Å². The van der Waals surface area contributed by atoms with Crippen molar-refractivity contribution in [3.8, 4) is 5.75 Å². The number of methoxy groups -OCH3 is 1. The van der Waals surface area contributed by atoms with Gasteiger partial charge in [0.05, 0.1) is 18.2 Å². The number of sulfonamides is 1. The van der Waals surface area contributed by atoms with Crippen LogP contribution in [0.1, 0.15) is 25.3 Å². The van der Waals surface area contributed by atoms with E-state index in [2.05, 4.69) is 24.9 Å². The molecular formula is C19H23N5O5S. The smallest absolute Gasteiger partial charge is 0.437 e.